The first-order valence-corrected chi connectivity index (χ1v) is 8.91. The van der Waals surface area contributed by atoms with Crippen LogP contribution in [0.25, 0.3) is 0 Å². The Morgan fingerprint density at radius 1 is 1.36 bits per heavy atom. The van der Waals surface area contributed by atoms with Gasteiger partial charge in [-0.2, -0.15) is 11.3 Å². The number of hydrogen-bond donors (Lipinski definition) is 2. The van der Waals surface area contributed by atoms with Crippen LogP contribution in [0.4, 0.5) is 5.69 Å². The maximum absolute atomic E-state index is 11.9. The first kappa shape index (κ1) is 16.5. The first-order chi connectivity index (χ1) is 10.4. The van der Waals surface area contributed by atoms with Gasteiger partial charge in [-0.25, -0.2) is 13.6 Å². The van der Waals surface area contributed by atoms with E-state index >= 15 is 0 Å². The van der Waals surface area contributed by atoms with Crippen LogP contribution in [0.1, 0.15) is 12.0 Å². The second kappa shape index (κ2) is 6.91. The van der Waals surface area contributed by atoms with Crippen LogP contribution < -0.4 is 15.2 Å². The predicted octanol–water partition coefficient (Wildman–Crippen LogP) is 1.98. The lowest BCUT2D eigenvalue weighted by molar-refractivity contribution is -0.116. The number of thiophene rings is 1. The summed E-state index contributed by atoms with van der Waals surface area (Å²) in [6.07, 6.45) is 0.945. The Balaban J connectivity index is 2.08. The smallest absolute Gasteiger partial charge is 0.241 e. The molecular formula is C14H16N2O4S2. The number of carbonyl (C=O) groups is 1. The average molecular weight is 340 g/mol. The lowest BCUT2D eigenvalue weighted by Crippen LogP contribution is -2.16. The molecule has 8 heteroatoms. The molecule has 2 rings (SSSR count). The summed E-state index contributed by atoms with van der Waals surface area (Å²) < 4.78 is 28.0. The van der Waals surface area contributed by atoms with Gasteiger partial charge >= 0.3 is 0 Å². The summed E-state index contributed by atoms with van der Waals surface area (Å²) in [5.74, 6) is -0.0597. The molecular weight excluding hydrogens is 324 g/mol. The summed E-state index contributed by atoms with van der Waals surface area (Å²) in [6.45, 7) is 0. The molecule has 0 spiro atoms. The van der Waals surface area contributed by atoms with Crippen molar-refractivity contribution in [3.05, 3.63) is 40.6 Å². The van der Waals surface area contributed by atoms with Crippen molar-refractivity contribution in [1.82, 2.24) is 0 Å². The van der Waals surface area contributed by atoms with Crippen LogP contribution in [0.5, 0.6) is 5.75 Å². The van der Waals surface area contributed by atoms with Gasteiger partial charge in [0.05, 0.1) is 7.11 Å². The fraction of sp³-hybridized carbons (Fsp3) is 0.214. The summed E-state index contributed by atoms with van der Waals surface area (Å²) in [5.41, 5.74) is 1.46. The summed E-state index contributed by atoms with van der Waals surface area (Å²) in [6, 6.07) is 6.27. The van der Waals surface area contributed by atoms with Gasteiger partial charge in [-0.1, -0.05) is 0 Å². The minimum Gasteiger partial charge on any atom is -0.495 e. The summed E-state index contributed by atoms with van der Waals surface area (Å²) in [4.78, 5) is 11.7. The number of amides is 1. The van der Waals surface area contributed by atoms with Crippen LogP contribution in [0.3, 0.4) is 0 Å². The Kier molecular flexibility index (Phi) is 5.17. The van der Waals surface area contributed by atoms with Crippen molar-refractivity contribution in [2.75, 3.05) is 12.4 Å². The molecule has 0 aliphatic heterocycles. The zero-order valence-corrected chi connectivity index (χ0v) is 13.5. The topological polar surface area (TPSA) is 98.5 Å². The van der Waals surface area contributed by atoms with Crippen molar-refractivity contribution in [2.24, 2.45) is 5.14 Å². The number of methoxy groups -OCH3 is 1. The number of nitrogens with one attached hydrogen (secondary N) is 1. The third-order valence-corrected chi connectivity index (χ3v) is 4.64. The predicted molar refractivity (Wildman–Crippen MR) is 85.6 cm³/mol. The molecule has 118 valence electrons. The van der Waals surface area contributed by atoms with Crippen LogP contribution in [-0.4, -0.2) is 21.4 Å². The fourth-order valence-corrected chi connectivity index (χ4v) is 3.32. The van der Waals surface area contributed by atoms with Crippen molar-refractivity contribution in [3.8, 4) is 5.75 Å². The Labute approximate surface area is 133 Å². The molecule has 3 N–H and O–H groups in total. The summed E-state index contributed by atoms with van der Waals surface area (Å²) in [5, 5.41) is 11.7. The molecule has 0 aliphatic rings. The van der Waals surface area contributed by atoms with E-state index in [1.807, 2.05) is 16.8 Å². The van der Waals surface area contributed by atoms with Gasteiger partial charge in [-0.15, -0.1) is 0 Å². The number of ether oxygens (including phenoxy) is 1. The molecule has 0 aliphatic carbocycles. The second-order valence-electron chi connectivity index (χ2n) is 4.59. The highest BCUT2D eigenvalue weighted by Gasteiger charge is 2.16. The highest BCUT2D eigenvalue weighted by Crippen LogP contribution is 2.26. The molecule has 0 atom stereocenters. The molecule has 0 fully saturated rings. The number of carbonyl (C=O) groups excluding carboxylic acids is 1. The molecule has 1 aromatic heterocycles. The molecule has 6 nitrogen and oxygen atoms in total. The van der Waals surface area contributed by atoms with Crippen LogP contribution in [0.15, 0.2) is 39.9 Å². The van der Waals surface area contributed by atoms with Crippen molar-refractivity contribution in [3.63, 3.8) is 0 Å². The zero-order chi connectivity index (χ0) is 16.2. The molecule has 2 aromatic rings. The van der Waals surface area contributed by atoms with Crippen LogP contribution in [0, 0.1) is 0 Å². The van der Waals surface area contributed by atoms with Gasteiger partial charge in [0.15, 0.2) is 0 Å². The van der Waals surface area contributed by atoms with Gasteiger partial charge in [0.1, 0.15) is 10.6 Å². The van der Waals surface area contributed by atoms with Gasteiger partial charge < -0.3 is 10.1 Å². The second-order valence-corrected chi connectivity index (χ2v) is 6.90. The van der Waals surface area contributed by atoms with E-state index in [2.05, 4.69) is 5.32 Å². The van der Waals surface area contributed by atoms with Gasteiger partial charge in [-0.3, -0.25) is 4.79 Å². The van der Waals surface area contributed by atoms with E-state index in [1.165, 1.54) is 19.2 Å². The number of benzene rings is 1. The Hall–Kier alpha value is -1.90. The van der Waals surface area contributed by atoms with E-state index in [4.69, 9.17) is 9.88 Å². The highest BCUT2D eigenvalue weighted by atomic mass is 32.2. The van der Waals surface area contributed by atoms with Crippen molar-refractivity contribution in [1.29, 1.82) is 0 Å². The molecule has 1 aromatic carbocycles. The zero-order valence-electron chi connectivity index (χ0n) is 11.9. The monoisotopic (exact) mass is 340 g/mol. The van der Waals surface area contributed by atoms with Gasteiger partial charge in [0.25, 0.3) is 0 Å². The largest absolute Gasteiger partial charge is 0.495 e. The molecule has 0 unspecified atom stereocenters. The molecule has 0 saturated carbocycles. The SMILES string of the molecule is COc1ccc(NC(=O)CCc2ccsc2)cc1S(N)(=O)=O. The first-order valence-electron chi connectivity index (χ1n) is 6.42. The minimum absolute atomic E-state index is 0.138. The number of primary sulfonamides is 1. The van der Waals surface area contributed by atoms with E-state index in [0.29, 0.717) is 18.5 Å². The maximum Gasteiger partial charge on any atom is 0.241 e. The van der Waals surface area contributed by atoms with E-state index in [-0.39, 0.29) is 16.6 Å². The molecule has 1 amide bonds. The molecule has 22 heavy (non-hydrogen) atoms. The van der Waals surface area contributed by atoms with Gasteiger partial charge in [0, 0.05) is 12.1 Å². The van der Waals surface area contributed by atoms with Gasteiger partial charge in [0.2, 0.25) is 15.9 Å². The van der Waals surface area contributed by atoms with Crippen LogP contribution in [-0.2, 0) is 21.2 Å². The van der Waals surface area contributed by atoms with Crippen molar-refractivity contribution in [2.45, 2.75) is 17.7 Å². The van der Waals surface area contributed by atoms with E-state index in [1.54, 1.807) is 17.4 Å². The van der Waals surface area contributed by atoms with Crippen LogP contribution in [0.2, 0.25) is 0 Å². The number of aryl methyl sites for hydroxylation is 1. The number of hydrogen-bond acceptors (Lipinski definition) is 5. The Morgan fingerprint density at radius 2 is 2.14 bits per heavy atom. The number of nitrogens with two attached hydrogens (primary N) is 1. The average Bonchev–Trinajstić information content (AvgIpc) is 2.97. The summed E-state index contributed by atoms with van der Waals surface area (Å²) in [7, 11) is -2.58. The van der Waals surface area contributed by atoms with E-state index in [0.717, 1.165) is 5.56 Å². The fourth-order valence-electron chi connectivity index (χ4n) is 1.89. The quantitative estimate of drug-likeness (QED) is 0.840. The lowest BCUT2D eigenvalue weighted by Gasteiger charge is -2.10. The standard InChI is InChI=1S/C14H16N2O4S2/c1-20-12-4-3-11(8-13(12)22(15,18)19)16-14(17)5-2-10-6-7-21-9-10/h3-4,6-9H,2,5H2,1H3,(H,16,17)(H2,15,18,19). The maximum atomic E-state index is 11.9. The van der Waals surface area contributed by atoms with E-state index in [9.17, 15) is 13.2 Å². The van der Waals surface area contributed by atoms with E-state index < -0.39 is 10.0 Å². The normalized spacial score (nSPS) is 11.2. The summed E-state index contributed by atoms with van der Waals surface area (Å²) >= 11 is 1.58. The molecule has 0 radical (unpaired) electrons. The number of sulfonamides is 1. The number of anilines is 1. The van der Waals surface area contributed by atoms with Crippen molar-refractivity contribution < 1.29 is 17.9 Å². The third kappa shape index (κ3) is 4.30. The molecule has 0 bridgehead atoms. The van der Waals surface area contributed by atoms with Gasteiger partial charge in [-0.05, 0) is 47.0 Å². The minimum atomic E-state index is -3.93. The van der Waals surface area contributed by atoms with Crippen molar-refractivity contribution >= 4 is 33.0 Å². The highest BCUT2D eigenvalue weighted by molar-refractivity contribution is 7.89. The third-order valence-electron chi connectivity index (χ3n) is 2.97. The molecule has 1 heterocycles. The van der Waals surface area contributed by atoms with Crippen LogP contribution >= 0.6 is 11.3 Å². The molecule has 0 saturated heterocycles. The Morgan fingerprint density at radius 3 is 2.73 bits per heavy atom. The Bertz CT molecular complexity index is 755. The lowest BCUT2D eigenvalue weighted by atomic mass is 10.2. The number of rotatable bonds is 6.